The number of nitrogens with zero attached hydrogens (tertiary/aromatic N) is 2. The summed E-state index contributed by atoms with van der Waals surface area (Å²) in [6, 6.07) is 17.5. The lowest BCUT2D eigenvalue weighted by Crippen LogP contribution is -2.38. The van der Waals surface area contributed by atoms with Crippen molar-refractivity contribution < 1.29 is 27.2 Å². The number of sulfonamides is 1. The van der Waals surface area contributed by atoms with E-state index in [-0.39, 0.29) is 11.4 Å². The van der Waals surface area contributed by atoms with Gasteiger partial charge in [0.2, 0.25) is 10.0 Å². The van der Waals surface area contributed by atoms with Crippen LogP contribution in [0.5, 0.6) is 0 Å². The highest BCUT2D eigenvalue weighted by atomic mass is 32.2. The number of benzene rings is 2. The van der Waals surface area contributed by atoms with Crippen LogP contribution in [-0.2, 0) is 26.1 Å². The predicted molar refractivity (Wildman–Crippen MR) is 116 cm³/mol. The van der Waals surface area contributed by atoms with Crippen LogP contribution in [0.25, 0.3) is 0 Å². The summed E-state index contributed by atoms with van der Waals surface area (Å²) in [7, 11) is -2.66. The van der Waals surface area contributed by atoms with Crippen LogP contribution < -0.4 is 5.43 Å². The summed E-state index contributed by atoms with van der Waals surface area (Å²) in [6.07, 6.45) is 2.81. The van der Waals surface area contributed by atoms with Gasteiger partial charge in [0.25, 0.3) is 5.91 Å². The van der Waals surface area contributed by atoms with Gasteiger partial charge in [-0.3, -0.25) is 4.79 Å². The van der Waals surface area contributed by atoms with Gasteiger partial charge in [0, 0.05) is 0 Å². The van der Waals surface area contributed by atoms with E-state index in [1.54, 1.807) is 54.6 Å². The first-order chi connectivity index (χ1) is 15.4. The van der Waals surface area contributed by atoms with Gasteiger partial charge in [0.15, 0.2) is 0 Å². The Morgan fingerprint density at radius 3 is 2.41 bits per heavy atom. The second-order valence-electron chi connectivity index (χ2n) is 6.57. The van der Waals surface area contributed by atoms with Gasteiger partial charge in [-0.2, -0.15) is 9.41 Å². The largest absolute Gasteiger partial charge is 0.468 e. The van der Waals surface area contributed by atoms with Crippen molar-refractivity contribution in [3.63, 3.8) is 0 Å². The van der Waals surface area contributed by atoms with Gasteiger partial charge in [-0.1, -0.05) is 30.3 Å². The van der Waals surface area contributed by atoms with Crippen LogP contribution in [0.3, 0.4) is 0 Å². The van der Waals surface area contributed by atoms with Crippen molar-refractivity contribution in [2.45, 2.75) is 11.4 Å². The number of furan rings is 1. The topological polar surface area (TPSA) is 118 Å². The fraction of sp³-hybridized carbons (Fsp3) is 0.136. The van der Waals surface area contributed by atoms with E-state index in [2.05, 4.69) is 15.3 Å². The van der Waals surface area contributed by atoms with E-state index in [1.807, 2.05) is 0 Å². The normalized spacial score (nSPS) is 11.6. The van der Waals surface area contributed by atoms with Crippen molar-refractivity contribution in [3.8, 4) is 0 Å². The fourth-order valence-corrected chi connectivity index (χ4v) is 4.12. The molecule has 0 radical (unpaired) electrons. The van der Waals surface area contributed by atoms with E-state index in [0.717, 1.165) is 4.31 Å². The van der Waals surface area contributed by atoms with Crippen LogP contribution >= 0.6 is 0 Å². The Hall–Kier alpha value is -3.76. The third-order valence-electron chi connectivity index (χ3n) is 4.35. The van der Waals surface area contributed by atoms with Crippen molar-refractivity contribution >= 4 is 28.1 Å². The summed E-state index contributed by atoms with van der Waals surface area (Å²) in [5.41, 5.74) is 3.33. The Labute approximate surface area is 185 Å². The standard InChI is InChI=1S/C22H21N3O6S/c1-30-22(27)18-11-9-17(10-12-18)14-23-24-21(26)16-25(15-19-6-5-13-31-19)32(28,29)20-7-3-2-4-8-20/h2-14H,15-16H2,1H3,(H,24,26). The molecule has 0 aliphatic rings. The SMILES string of the molecule is COC(=O)c1ccc(C=NNC(=O)CN(Cc2ccco2)S(=O)(=O)c2ccccc2)cc1. The Morgan fingerprint density at radius 1 is 1.06 bits per heavy atom. The van der Waals surface area contributed by atoms with Crippen LogP contribution in [0.4, 0.5) is 0 Å². The van der Waals surface area contributed by atoms with Crippen LogP contribution in [0.15, 0.2) is 87.4 Å². The monoisotopic (exact) mass is 455 g/mol. The molecular weight excluding hydrogens is 434 g/mol. The maximum atomic E-state index is 13.0. The molecule has 1 aromatic heterocycles. The molecule has 0 spiro atoms. The van der Waals surface area contributed by atoms with Gasteiger partial charge < -0.3 is 9.15 Å². The number of hydrogen-bond acceptors (Lipinski definition) is 7. The first kappa shape index (κ1) is 22.9. The van der Waals surface area contributed by atoms with Crippen LogP contribution in [0.2, 0.25) is 0 Å². The summed E-state index contributed by atoms with van der Waals surface area (Å²) < 4.78 is 37.0. The number of carbonyl (C=O) groups is 2. The molecule has 0 bridgehead atoms. The second kappa shape index (κ2) is 10.5. The molecule has 0 atom stereocenters. The fourth-order valence-electron chi connectivity index (χ4n) is 2.74. The summed E-state index contributed by atoms with van der Waals surface area (Å²) in [6.45, 7) is -0.576. The van der Waals surface area contributed by atoms with Gasteiger partial charge in [-0.25, -0.2) is 18.6 Å². The van der Waals surface area contributed by atoms with Gasteiger partial charge >= 0.3 is 5.97 Å². The first-order valence-corrected chi connectivity index (χ1v) is 10.9. The van der Waals surface area contributed by atoms with E-state index >= 15 is 0 Å². The molecule has 0 fully saturated rings. The smallest absolute Gasteiger partial charge is 0.337 e. The summed E-state index contributed by atoms with van der Waals surface area (Å²) >= 11 is 0. The van der Waals surface area contributed by atoms with E-state index in [1.165, 1.54) is 31.7 Å². The van der Waals surface area contributed by atoms with Crippen molar-refractivity contribution in [1.29, 1.82) is 0 Å². The van der Waals surface area contributed by atoms with E-state index in [9.17, 15) is 18.0 Å². The Balaban J connectivity index is 1.68. The highest BCUT2D eigenvalue weighted by Crippen LogP contribution is 2.18. The molecule has 1 heterocycles. The molecule has 0 aliphatic carbocycles. The second-order valence-corrected chi connectivity index (χ2v) is 8.51. The number of methoxy groups -OCH3 is 1. The maximum absolute atomic E-state index is 13.0. The number of nitrogens with one attached hydrogen (secondary N) is 1. The minimum Gasteiger partial charge on any atom is -0.468 e. The zero-order valence-corrected chi connectivity index (χ0v) is 18.0. The predicted octanol–water partition coefficient (Wildman–Crippen LogP) is 2.41. The number of amides is 1. The van der Waals surface area contributed by atoms with Gasteiger partial charge in [-0.05, 0) is 42.0 Å². The number of hydrazone groups is 1. The average molecular weight is 455 g/mol. The Morgan fingerprint density at radius 2 is 1.78 bits per heavy atom. The zero-order chi connectivity index (χ0) is 23.0. The highest BCUT2D eigenvalue weighted by molar-refractivity contribution is 7.89. The Bertz CT molecular complexity index is 1170. The average Bonchev–Trinajstić information content (AvgIpc) is 3.32. The maximum Gasteiger partial charge on any atom is 0.337 e. The van der Waals surface area contributed by atoms with Crippen LogP contribution in [-0.4, -0.2) is 44.5 Å². The summed E-state index contributed by atoms with van der Waals surface area (Å²) in [5.74, 6) is -0.692. The lowest BCUT2D eigenvalue weighted by molar-refractivity contribution is -0.121. The van der Waals surface area contributed by atoms with Gasteiger partial charge in [0.1, 0.15) is 5.76 Å². The molecule has 1 amide bonds. The molecular formula is C22H21N3O6S. The lowest BCUT2D eigenvalue weighted by Gasteiger charge is -2.20. The molecule has 0 saturated heterocycles. The molecule has 32 heavy (non-hydrogen) atoms. The minimum absolute atomic E-state index is 0.0635. The number of esters is 1. The molecule has 166 valence electrons. The van der Waals surface area contributed by atoms with E-state index < -0.39 is 28.4 Å². The third kappa shape index (κ3) is 5.90. The third-order valence-corrected chi connectivity index (χ3v) is 6.15. The van der Waals surface area contributed by atoms with Crippen molar-refractivity contribution in [2.24, 2.45) is 5.10 Å². The molecule has 2 aromatic carbocycles. The number of hydrogen-bond donors (Lipinski definition) is 1. The number of carbonyl (C=O) groups excluding carboxylic acids is 2. The number of rotatable bonds is 9. The molecule has 3 rings (SSSR count). The van der Waals surface area contributed by atoms with Crippen molar-refractivity contribution in [2.75, 3.05) is 13.7 Å². The van der Waals surface area contributed by atoms with Crippen LogP contribution in [0.1, 0.15) is 21.7 Å². The van der Waals surface area contributed by atoms with Gasteiger partial charge in [0.05, 0.1) is 43.1 Å². The molecule has 0 saturated carbocycles. The first-order valence-electron chi connectivity index (χ1n) is 9.48. The highest BCUT2D eigenvalue weighted by Gasteiger charge is 2.27. The van der Waals surface area contributed by atoms with Crippen molar-refractivity contribution in [1.82, 2.24) is 9.73 Å². The minimum atomic E-state index is -3.95. The van der Waals surface area contributed by atoms with Gasteiger partial charge in [-0.15, -0.1) is 0 Å². The van der Waals surface area contributed by atoms with E-state index in [4.69, 9.17) is 4.42 Å². The summed E-state index contributed by atoms with van der Waals surface area (Å²) in [4.78, 5) is 23.9. The quantitative estimate of drug-likeness (QED) is 0.301. The lowest BCUT2D eigenvalue weighted by atomic mass is 10.1. The van der Waals surface area contributed by atoms with E-state index in [0.29, 0.717) is 16.9 Å². The number of ether oxygens (including phenoxy) is 1. The van der Waals surface area contributed by atoms with Crippen molar-refractivity contribution in [3.05, 3.63) is 89.9 Å². The molecule has 10 heteroatoms. The summed E-state index contributed by atoms with van der Waals surface area (Å²) in [5, 5.41) is 3.86. The molecule has 0 unspecified atom stereocenters. The zero-order valence-electron chi connectivity index (χ0n) is 17.2. The molecule has 9 nitrogen and oxygen atoms in total. The molecule has 3 aromatic rings. The molecule has 1 N–H and O–H groups in total. The van der Waals surface area contributed by atoms with Crippen LogP contribution in [0, 0.1) is 0 Å². The molecule has 0 aliphatic heterocycles. The Kier molecular flexibility index (Phi) is 7.53.